The maximum Gasteiger partial charge on any atom is 0.249 e. The lowest BCUT2D eigenvalue weighted by Gasteiger charge is -2.21. The summed E-state index contributed by atoms with van der Waals surface area (Å²) in [4.78, 5) is 26.8. The van der Waals surface area contributed by atoms with Crippen LogP contribution in [0.1, 0.15) is 39.7 Å². The van der Waals surface area contributed by atoms with Crippen molar-refractivity contribution in [3.8, 4) is 0 Å². The molecule has 6 heteroatoms. The third-order valence-corrected chi connectivity index (χ3v) is 5.40. The number of aryl methyl sites for hydroxylation is 2. The van der Waals surface area contributed by atoms with Crippen LogP contribution in [0.4, 0.5) is 0 Å². The second-order valence-corrected chi connectivity index (χ2v) is 8.15. The van der Waals surface area contributed by atoms with Crippen molar-refractivity contribution in [2.75, 3.05) is 14.1 Å². The maximum absolute atomic E-state index is 12.7. The predicted octanol–water partition coefficient (Wildman–Crippen LogP) is 3.82. The minimum absolute atomic E-state index is 0.184. The highest BCUT2D eigenvalue weighted by Crippen LogP contribution is 2.18. The second kappa shape index (κ2) is 10.1. The number of aromatic nitrogens is 2. The van der Waals surface area contributed by atoms with E-state index >= 15 is 0 Å². The fraction of sp³-hybridized carbons (Fsp3) is 0.269. The SMILES string of the molecule is Cc1ccc(Cn2nc(C)c(C=CC(=O)NC(C(=O)N(C)C)c3ccccc3)c2C)cc1. The third kappa shape index (κ3) is 5.52. The Hall–Kier alpha value is -3.67. The summed E-state index contributed by atoms with van der Waals surface area (Å²) < 4.78 is 1.94. The van der Waals surface area contributed by atoms with Gasteiger partial charge in [0.05, 0.1) is 12.2 Å². The number of hydrogen-bond acceptors (Lipinski definition) is 3. The lowest BCUT2D eigenvalue weighted by molar-refractivity contribution is -0.133. The van der Waals surface area contributed by atoms with Crippen molar-refractivity contribution in [2.45, 2.75) is 33.4 Å². The van der Waals surface area contributed by atoms with Crippen LogP contribution in [-0.2, 0) is 16.1 Å². The van der Waals surface area contributed by atoms with Crippen LogP contribution in [0, 0.1) is 20.8 Å². The summed E-state index contributed by atoms with van der Waals surface area (Å²) in [6, 6.07) is 16.9. The number of nitrogens with zero attached hydrogens (tertiary/aromatic N) is 3. The molecule has 2 amide bonds. The molecule has 1 unspecified atom stereocenters. The first kappa shape index (κ1) is 23.0. The molecule has 2 aromatic carbocycles. The fourth-order valence-electron chi connectivity index (χ4n) is 3.51. The highest BCUT2D eigenvalue weighted by atomic mass is 16.2. The van der Waals surface area contributed by atoms with Crippen molar-refractivity contribution in [1.29, 1.82) is 0 Å². The van der Waals surface area contributed by atoms with Gasteiger partial charge in [-0.3, -0.25) is 14.3 Å². The van der Waals surface area contributed by atoms with Crippen LogP contribution in [0.5, 0.6) is 0 Å². The first-order chi connectivity index (χ1) is 15.3. The first-order valence-electron chi connectivity index (χ1n) is 10.6. The molecule has 0 spiro atoms. The largest absolute Gasteiger partial charge is 0.347 e. The molecule has 32 heavy (non-hydrogen) atoms. The summed E-state index contributed by atoms with van der Waals surface area (Å²) in [5.41, 5.74) is 5.87. The van der Waals surface area contributed by atoms with Gasteiger partial charge in [-0.25, -0.2) is 0 Å². The number of hydrogen-bond donors (Lipinski definition) is 1. The third-order valence-electron chi connectivity index (χ3n) is 5.40. The van der Waals surface area contributed by atoms with Gasteiger partial charge in [0.15, 0.2) is 0 Å². The molecular formula is C26H30N4O2. The molecule has 0 aliphatic carbocycles. The minimum Gasteiger partial charge on any atom is -0.347 e. The van der Waals surface area contributed by atoms with Crippen LogP contribution in [-0.4, -0.2) is 40.6 Å². The van der Waals surface area contributed by atoms with Gasteiger partial charge in [0, 0.05) is 31.4 Å². The summed E-state index contributed by atoms with van der Waals surface area (Å²) in [5.74, 6) is -0.518. The Kier molecular flexibility index (Phi) is 7.25. The van der Waals surface area contributed by atoms with E-state index in [9.17, 15) is 9.59 Å². The van der Waals surface area contributed by atoms with E-state index in [1.807, 2.05) is 48.9 Å². The Balaban J connectivity index is 1.76. The van der Waals surface area contributed by atoms with Crippen LogP contribution >= 0.6 is 0 Å². The van der Waals surface area contributed by atoms with E-state index in [4.69, 9.17) is 0 Å². The molecule has 1 N–H and O–H groups in total. The number of carbonyl (C=O) groups is 2. The summed E-state index contributed by atoms with van der Waals surface area (Å²) in [6.45, 7) is 6.66. The molecule has 1 heterocycles. The van der Waals surface area contributed by atoms with Gasteiger partial charge in [0.2, 0.25) is 11.8 Å². The van der Waals surface area contributed by atoms with Gasteiger partial charge in [-0.15, -0.1) is 0 Å². The molecule has 3 rings (SSSR count). The maximum atomic E-state index is 12.7. The molecule has 0 aliphatic heterocycles. The van der Waals surface area contributed by atoms with E-state index in [1.54, 1.807) is 20.2 Å². The average molecular weight is 431 g/mol. The van der Waals surface area contributed by atoms with E-state index in [0.717, 1.165) is 22.5 Å². The number of amides is 2. The van der Waals surface area contributed by atoms with Crippen LogP contribution in [0.15, 0.2) is 60.7 Å². The quantitative estimate of drug-likeness (QED) is 0.580. The normalized spacial score (nSPS) is 12.0. The van der Waals surface area contributed by atoms with E-state index < -0.39 is 6.04 Å². The summed E-state index contributed by atoms with van der Waals surface area (Å²) in [7, 11) is 3.35. The Morgan fingerprint density at radius 3 is 2.31 bits per heavy atom. The molecule has 3 aromatic rings. The van der Waals surface area contributed by atoms with Gasteiger partial charge < -0.3 is 10.2 Å². The van der Waals surface area contributed by atoms with Gasteiger partial charge in [-0.1, -0.05) is 60.2 Å². The number of benzene rings is 2. The van der Waals surface area contributed by atoms with E-state index in [2.05, 4.69) is 41.6 Å². The van der Waals surface area contributed by atoms with E-state index in [0.29, 0.717) is 6.54 Å². The van der Waals surface area contributed by atoms with Crippen molar-refractivity contribution in [3.05, 3.63) is 94.3 Å². The Morgan fingerprint density at radius 1 is 1.03 bits per heavy atom. The lowest BCUT2D eigenvalue weighted by atomic mass is 10.1. The Bertz CT molecular complexity index is 1110. The Labute approximate surface area is 189 Å². The highest BCUT2D eigenvalue weighted by molar-refractivity contribution is 5.96. The molecule has 1 atom stereocenters. The van der Waals surface area contributed by atoms with Gasteiger partial charge in [-0.2, -0.15) is 5.10 Å². The molecule has 0 fully saturated rings. The smallest absolute Gasteiger partial charge is 0.249 e. The van der Waals surface area contributed by atoms with Crippen molar-refractivity contribution in [1.82, 2.24) is 20.0 Å². The molecule has 0 radical (unpaired) electrons. The van der Waals surface area contributed by atoms with Crippen molar-refractivity contribution in [3.63, 3.8) is 0 Å². The molecule has 0 bridgehead atoms. The average Bonchev–Trinajstić information content (AvgIpc) is 3.04. The lowest BCUT2D eigenvalue weighted by Crippen LogP contribution is -2.39. The molecule has 6 nitrogen and oxygen atoms in total. The zero-order valence-corrected chi connectivity index (χ0v) is 19.3. The Morgan fingerprint density at radius 2 is 1.69 bits per heavy atom. The zero-order chi connectivity index (χ0) is 23.3. The van der Waals surface area contributed by atoms with Crippen molar-refractivity contribution < 1.29 is 9.59 Å². The van der Waals surface area contributed by atoms with Gasteiger partial charge in [0.25, 0.3) is 0 Å². The molecule has 0 saturated heterocycles. The summed E-state index contributed by atoms with van der Waals surface area (Å²) >= 11 is 0. The number of carbonyl (C=O) groups excluding carboxylic acids is 2. The summed E-state index contributed by atoms with van der Waals surface area (Å²) in [6.07, 6.45) is 3.23. The molecule has 0 aliphatic rings. The standard InChI is InChI=1S/C26H30N4O2/c1-18-11-13-21(14-12-18)17-30-20(3)23(19(2)28-30)15-16-24(31)27-25(26(32)29(4)5)22-9-7-6-8-10-22/h6-16,25H,17H2,1-5H3,(H,27,31). The number of rotatable bonds is 7. The topological polar surface area (TPSA) is 67.2 Å². The predicted molar refractivity (Wildman–Crippen MR) is 127 cm³/mol. The van der Waals surface area contributed by atoms with Crippen molar-refractivity contribution >= 4 is 17.9 Å². The molecule has 1 aromatic heterocycles. The van der Waals surface area contributed by atoms with Gasteiger partial charge in [0.1, 0.15) is 6.04 Å². The van der Waals surface area contributed by atoms with Crippen molar-refractivity contribution in [2.24, 2.45) is 0 Å². The second-order valence-electron chi connectivity index (χ2n) is 8.15. The monoisotopic (exact) mass is 430 g/mol. The van der Waals surface area contributed by atoms with Gasteiger partial charge >= 0.3 is 0 Å². The molecule has 0 saturated carbocycles. The fourth-order valence-corrected chi connectivity index (χ4v) is 3.51. The molecular weight excluding hydrogens is 400 g/mol. The van der Waals surface area contributed by atoms with E-state index in [1.165, 1.54) is 22.1 Å². The van der Waals surface area contributed by atoms with Crippen LogP contribution in [0.2, 0.25) is 0 Å². The van der Waals surface area contributed by atoms with E-state index in [-0.39, 0.29) is 11.8 Å². The van der Waals surface area contributed by atoms with Crippen LogP contribution in [0.3, 0.4) is 0 Å². The zero-order valence-electron chi connectivity index (χ0n) is 19.3. The van der Waals surface area contributed by atoms with Gasteiger partial charge in [-0.05, 0) is 38.0 Å². The minimum atomic E-state index is -0.741. The summed E-state index contributed by atoms with van der Waals surface area (Å²) in [5, 5.41) is 7.47. The molecule has 166 valence electrons. The first-order valence-corrected chi connectivity index (χ1v) is 10.6. The number of nitrogens with one attached hydrogen (secondary N) is 1. The number of likely N-dealkylation sites (N-methyl/N-ethyl adjacent to an activating group) is 1. The van der Waals surface area contributed by atoms with Crippen LogP contribution in [0.25, 0.3) is 6.08 Å². The van der Waals surface area contributed by atoms with Crippen LogP contribution < -0.4 is 5.32 Å². The highest BCUT2D eigenvalue weighted by Gasteiger charge is 2.23.